The molecule has 1 unspecified atom stereocenters. The molecule has 4 aromatic carbocycles. The average molecular weight is 500 g/mol. The zero-order valence-corrected chi connectivity index (χ0v) is 22.6. The molecule has 2 saturated carbocycles. The van der Waals surface area contributed by atoms with E-state index in [0.717, 1.165) is 5.92 Å². The Bertz CT molecular complexity index is 1150. The molecule has 2 aliphatic rings. The average Bonchev–Trinajstić information content (AvgIpc) is 3.00. The van der Waals surface area contributed by atoms with Gasteiger partial charge in [-0.25, -0.2) is 0 Å². The first-order chi connectivity index (χ1) is 18.9. The summed E-state index contributed by atoms with van der Waals surface area (Å²) in [6, 6.07) is 41.5. The monoisotopic (exact) mass is 499 g/mol. The van der Waals surface area contributed by atoms with Gasteiger partial charge in [0.1, 0.15) is 0 Å². The molecule has 0 N–H and O–H groups in total. The number of hydrogen-bond acceptors (Lipinski definition) is 1. The third-order valence-electron chi connectivity index (χ3n) is 9.00. The molecule has 0 aliphatic heterocycles. The van der Waals surface area contributed by atoms with E-state index in [2.05, 4.69) is 114 Å². The Balaban J connectivity index is 1.25. The Kier molecular flexibility index (Phi) is 7.91. The molecule has 0 radical (unpaired) electrons. The van der Waals surface area contributed by atoms with Crippen molar-refractivity contribution < 1.29 is 0 Å². The van der Waals surface area contributed by atoms with E-state index in [1.807, 2.05) is 0 Å². The molecular formula is C37H41N. The van der Waals surface area contributed by atoms with Gasteiger partial charge in [0.2, 0.25) is 0 Å². The van der Waals surface area contributed by atoms with Gasteiger partial charge in [0.15, 0.2) is 0 Å². The summed E-state index contributed by atoms with van der Waals surface area (Å²) in [5, 5.41) is 0. The van der Waals surface area contributed by atoms with Crippen molar-refractivity contribution in [2.24, 2.45) is 5.92 Å². The topological polar surface area (TPSA) is 3.24 Å². The Hall–Kier alpha value is -3.32. The number of hydrogen-bond donors (Lipinski definition) is 0. The van der Waals surface area contributed by atoms with Gasteiger partial charge in [-0.05, 0) is 78.1 Å². The third kappa shape index (κ3) is 5.58. The highest BCUT2D eigenvalue weighted by Crippen LogP contribution is 2.41. The quantitative estimate of drug-likeness (QED) is 0.244. The van der Waals surface area contributed by atoms with E-state index in [-0.39, 0.29) is 0 Å². The predicted octanol–water partition coefficient (Wildman–Crippen LogP) is 10.5. The van der Waals surface area contributed by atoms with Crippen LogP contribution in [0.5, 0.6) is 0 Å². The van der Waals surface area contributed by atoms with Gasteiger partial charge in [-0.3, -0.25) is 0 Å². The number of benzene rings is 4. The van der Waals surface area contributed by atoms with Gasteiger partial charge in [-0.1, -0.05) is 123 Å². The summed E-state index contributed by atoms with van der Waals surface area (Å²) in [5.74, 6) is 1.25. The molecule has 38 heavy (non-hydrogen) atoms. The standard InChI is InChI=1S/C37H41N/c1-5-13-31(14-6-1)37(32-15-7-2-8-16-32)33-23-21-29(22-24-33)30-25-27-36(28-26-30)38(34-17-9-3-10-18-34)35-19-11-4-12-20-35/h1,3,5-6,9-10,13-14,17-18,21-28,32,35,37H,2,4,7-8,11-12,15-16,19-20H2. The highest BCUT2D eigenvalue weighted by molar-refractivity contribution is 5.70. The molecule has 1 atom stereocenters. The largest absolute Gasteiger partial charge is 0.338 e. The van der Waals surface area contributed by atoms with Gasteiger partial charge in [-0.15, -0.1) is 0 Å². The maximum Gasteiger partial charge on any atom is 0.0413 e. The first-order valence-electron chi connectivity index (χ1n) is 15.0. The number of nitrogens with zero attached hydrogens (tertiary/aromatic N) is 1. The van der Waals surface area contributed by atoms with Gasteiger partial charge in [-0.2, -0.15) is 0 Å². The number of para-hydroxylation sites is 1. The van der Waals surface area contributed by atoms with Crippen LogP contribution in [0, 0.1) is 5.92 Å². The van der Waals surface area contributed by atoms with Gasteiger partial charge in [0.25, 0.3) is 0 Å². The van der Waals surface area contributed by atoms with Crippen LogP contribution in [0.4, 0.5) is 11.4 Å². The van der Waals surface area contributed by atoms with Crippen LogP contribution in [0.2, 0.25) is 0 Å². The molecule has 2 fully saturated rings. The van der Waals surface area contributed by atoms with Crippen LogP contribution in [0.25, 0.3) is 11.1 Å². The molecule has 0 bridgehead atoms. The molecular weight excluding hydrogens is 458 g/mol. The van der Waals surface area contributed by atoms with Gasteiger partial charge >= 0.3 is 0 Å². The van der Waals surface area contributed by atoms with Crippen molar-refractivity contribution in [1.29, 1.82) is 0 Å². The van der Waals surface area contributed by atoms with Gasteiger partial charge in [0.05, 0.1) is 0 Å². The zero-order valence-electron chi connectivity index (χ0n) is 22.6. The van der Waals surface area contributed by atoms with Gasteiger partial charge in [0, 0.05) is 23.3 Å². The lowest BCUT2D eigenvalue weighted by atomic mass is 9.73. The predicted molar refractivity (Wildman–Crippen MR) is 162 cm³/mol. The summed E-state index contributed by atoms with van der Waals surface area (Å²) in [6.45, 7) is 0. The minimum Gasteiger partial charge on any atom is -0.338 e. The van der Waals surface area contributed by atoms with E-state index >= 15 is 0 Å². The smallest absolute Gasteiger partial charge is 0.0413 e. The molecule has 0 saturated heterocycles. The lowest BCUT2D eigenvalue weighted by Gasteiger charge is -2.36. The fourth-order valence-corrected chi connectivity index (χ4v) is 7.06. The number of anilines is 2. The van der Waals surface area contributed by atoms with Crippen LogP contribution in [-0.4, -0.2) is 6.04 Å². The van der Waals surface area contributed by atoms with E-state index in [0.29, 0.717) is 12.0 Å². The number of rotatable bonds is 7. The molecule has 0 amide bonds. The molecule has 4 aromatic rings. The second-order valence-electron chi connectivity index (χ2n) is 11.5. The van der Waals surface area contributed by atoms with Crippen molar-refractivity contribution in [3.63, 3.8) is 0 Å². The van der Waals surface area contributed by atoms with E-state index in [1.54, 1.807) is 0 Å². The van der Waals surface area contributed by atoms with Crippen LogP contribution in [0.15, 0.2) is 109 Å². The highest BCUT2D eigenvalue weighted by atomic mass is 15.2. The summed E-state index contributed by atoms with van der Waals surface area (Å²) in [5.41, 5.74) is 8.16. The summed E-state index contributed by atoms with van der Waals surface area (Å²) in [6.07, 6.45) is 13.5. The molecule has 1 heteroatoms. The Morgan fingerprint density at radius 1 is 0.447 bits per heavy atom. The summed E-state index contributed by atoms with van der Waals surface area (Å²) in [4.78, 5) is 2.58. The minimum atomic E-state index is 0.503. The van der Waals surface area contributed by atoms with Crippen molar-refractivity contribution in [2.75, 3.05) is 4.90 Å². The molecule has 6 rings (SSSR count). The Labute approximate surface area is 229 Å². The third-order valence-corrected chi connectivity index (χ3v) is 9.00. The van der Waals surface area contributed by atoms with E-state index in [4.69, 9.17) is 0 Å². The second-order valence-corrected chi connectivity index (χ2v) is 11.5. The Morgan fingerprint density at radius 2 is 0.921 bits per heavy atom. The van der Waals surface area contributed by atoms with Crippen LogP contribution < -0.4 is 4.90 Å². The van der Waals surface area contributed by atoms with Crippen LogP contribution >= 0.6 is 0 Å². The molecule has 1 nitrogen and oxygen atoms in total. The van der Waals surface area contributed by atoms with Crippen LogP contribution in [0.1, 0.15) is 81.3 Å². The summed E-state index contributed by atoms with van der Waals surface area (Å²) >= 11 is 0. The highest BCUT2D eigenvalue weighted by Gasteiger charge is 2.27. The van der Waals surface area contributed by atoms with E-state index in [1.165, 1.54) is 97.8 Å². The zero-order chi connectivity index (χ0) is 25.6. The fraction of sp³-hybridized carbons (Fsp3) is 0.351. The van der Waals surface area contributed by atoms with Gasteiger partial charge < -0.3 is 4.90 Å². The van der Waals surface area contributed by atoms with Crippen molar-refractivity contribution in [3.05, 3.63) is 120 Å². The lowest BCUT2D eigenvalue weighted by molar-refractivity contribution is 0.327. The lowest BCUT2D eigenvalue weighted by Crippen LogP contribution is -2.32. The van der Waals surface area contributed by atoms with Crippen molar-refractivity contribution >= 4 is 11.4 Å². The first-order valence-corrected chi connectivity index (χ1v) is 15.0. The second kappa shape index (κ2) is 12.0. The first kappa shape index (κ1) is 25.0. The van der Waals surface area contributed by atoms with E-state index in [9.17, 15) is 0 Å². The normalized spacial score (nSPS) is 17.7. The molecule has 194 valence electrons. The van der Waals surface area contributed by atoms with Crippen molar-refractivity contribution in [2.45, 2.75) is 76.2 Å². The fourth-order valence-electron chi connectivity index (χ4n) is 7.06. The minimum absolute atomic E-state index is 0.503. The maximum absolute atomic E-state index is 2.58. The van der Waals surface area contributed by atoms with Crippen molar-refractivity contribution in [1.82, 2.24) is 0 Å². The molecule has 2 aliphatic carbocycles. The molecule has 0 heterocycles. The Morgan fingerprint density at radius 3 is 1.53 bits per heavy atom. The van der Waals surface area contributed by atoms with Crippen molar-refractivity contribution in [3.8, 4) is 11.1 Å². The maximum atomic E-state index is 2.58. The summed E-state index contributed by atoms with van der Waals surface area (Å²) < 4.78 is 0. The van der Waals surface area contributed by atoms with E-state index < -0.39 is 0 Å². The molecule has 0 spiro atoms. The van der Waals surface area contributed by atoms with Crippen LogP contribution in [0.3, 0.4) is 0 Å². The SMILES string of the molecule is c1ccc(C(c2ccc(-c3ccc(N(c4ccccc4)C4CCCCC4)cc3)cc2)C2CCCCC2)cc1. The molecule has 0 aromatic heterocycles. The van der Waals surface area contributed by atoms with Crippen LogP contribution in [-0.2, 0) is 0 Å². The summed E-state index contributed by atoms with van der Waals surface area (Å²) in [7, 11) is 0.